The van der Waals surface area contributed by atoms with E-state index in [1.54, 1.807) is 0 Å². The third-order valence-corrected chi connectivity index (χ3v) is 4.47. The topological polar surface area (TPSA) is 34.2 Å². The van der Waals surface area contributed by atoms with Gasteiger partial charge < -0.3 is 10.3 Å². The predicted molar refractivity (Wildman–Crippen MR) is 84.6 cm³/mol. The lowest BCUT2D eigenvalue weighted by Gasteiger charge is -2.26. The maximum absolute atomic E-state index is 5.95. The number of aryl methyl sites for hydroxylation is 1. The van der Waals surface area contributed by atoms with Crippen LogP contribution in [0.2, 0.25) is 0 Å². The molecule has 1 aromatic carbocycles. The standard InChI is InChI=1S/C17H25N3/c1-2-20-13-15(12-19-9-4-3-5-10-19)17-14(11-18)7-6-8-16(17)20/h6-8,13H,2-5,9-12,18H2,1H3. The molecule has 1 aromatic heterocycles. The van der Waals surface area contributed by atoms with Crippen LogP contribution >= 0.6 is 0 Å². The fourth-order valence-corrected chi connectivity index (χ4v) is 3.43. The molecule has 108 valence electrons. The Hall–Kier alpha value is -1.32. The van der Waals surface area contributed by atoms with Crippen LogP contribution in [0.1, 0.15) is 37.3 Å². The second kappa shape index (κ2) is 5.98. The summed E-state index contributed by atoms with van der Waals surface area (Å²) < 4.78 is 2.35. The zero-order chi connectivity index (χ0) is 13.9. The van der Waals surface area contributed by atoms with E-state index in [4.69, 9.17) is 5.73 Å². The Morgan fingerprint density at radius 3 is 2.60 bits per heavy atom. The third-order valence-electron chi connectivity index (χ3n) is 4.47. The Bertz CT molecular complexity index is 579. The van der Waals surface area contributed by atoms with Gasteiger partial charge in [-0.05, 0) is 50.0 Å². The van der Waals surface area contributed by atoms with Gasteiger partial charge in [-0.15, -0.1) is 0 Å². The zero-order valence-electron chi connectivity index (χ0n) is 12.4. The van der Waals surface area contributed by atoms with E-state index in [0.29, 0.717) is 6.54 Å². The minimum atomic E-state index is 0.623. The number of likely N-dealkylation sites (tertiary alicyclic amines) is 1. The number of hydrogen-bond donors (Lipinski definition) is 1. The first-order valence-electron chi connectivity index (χ1n) is 7.85. The number of aromatic nitrogens is 1. The molecule has 1 aliphatic rings. The number of benzene rings is 1. The number of nitrogens with two attached hydrogens (primary N) is 1. The van der Waals surface area contributed by atoms with Gasteiger partial charge in [-0.2, -0.15) is 0 Å². The molecule has 0 spiro atoms. The molecule has 2 aromatic rings. The van der Waals surface area contributed by atoms with Crippen molar-refractivity contribution in [2.75, 3.05) is 13.1 Å². The SMILES string of the molecule is CCn1cc(CN2CCCCC2)c2c(CN)cccc21. The number of hydrogen-bond acceptors (Lipinski definition) is 2. The highest BCUT2D eigenvalue weighted by Crippen LogP contribution is 2.27. The molecule has 1 fully saturated rings. The van der Waals surface area contributed by atoms with Gasteiger partial charge in [0.15, 0.2) is 0 Å². The van der Waals surface area contributed by atoms with E-state index in [1.165, 1.54) is 54.4 Å². The van der Waals surface area contributed by atoms with Crippen molar-refractivity contribution in [3.8, 4) is 0 Å². The van der Waals surface area contributed by atoms with Crippen molar-refractivity contribution in [2.24, 2.45) is 5.73 Å². The molecule has 2 heterocycles. The van der Waals surface area contributed by atoms with E-state index in [9.17, 15) is 0 Å². The summed E-state index contributed by atoms with van der Waals surface area (Å²) in [6.45, 7) is 7.40. The minimum absolute atomic E-state index is 0.623. The van der Waals surface area contributed by atoms with Crippen LogP contribution in [-0.4, -0.2) is 22.6 Å². The van der Waals surface area contributed by atoms with Crippen molar-refractivity contribution in [1.82, 2.24) is 9.47 Å². The summed E-state index contributed by atoms with van der Waals surface area (Å²) in [5.74, 6) is 0. The molecule has 3 heteroatoms. The molecule has 20 heavy (non-hydrogen) atoms. The lowest BCUT2D eigenvalue weighted by atomic mass is 10.0. The fraction of sp³-hybridized carbons (Fsp3) is 0.529. The molecule has 0 amide bonds. The van der Waals surface area contributed by atoms with Gasteiger partial charge in [-0.1, -0.05) is 18.6 Å². The maximum Gasteiger partial charge on any atom is 0.0486 e. The van der Waals surface area contributed by atoms with Crippen LogP contribution in [0.4, 0.5) is 0 Å². The van der Waals surface area contributed by atoms with Gasteiger partial charge in [0.05, 0.1) is 0 Å². The van der Waals surface area contributed by atoms with E-state index < -0.39 is 0 Å². The van der Waals surface area contributed by atoms with Crippen molar-refractivity contribution in [3.05, 3.63) is 35.5 Å². The lowest BCUT2D eigenvalue weighted by Crippen LogP contribution is -2.29. The van der Waals surface area contributed by atoms with Gasteiger partial charge in [0.1, 0.15) is 0 Å². The summed E-state index contributed by atoms with van der Waals surface area (Å²) in [7, 11) is 0. The summed E-state index contributed by atoms with van der Waals surface area (Å²) in [5, 5.41) is 1.39. The van der Waals surface area contributed by atoms with Crippen molar-refractivity contribution in [2.45, 2.75) is 45.8 Å². The van der Waals surface area contributed by atoms with Crippen molar-refractivity contribution in [3.63, 3.8) is 0 Å². The quantitative estimate of drug-likeness (QED) is 0.927. The first-order valence-corrected chi connectivity index (χ1v) is 7.85. The molecule has 0 bridgehead atoms. The molecule has 3 rings (SSSR count). The molecular formula is C17H25N3. The molecule has 0 aliphatic carbocycles. The summed E-state index contributed by atoms with van der Waals surface area (Å²) in [6.07, 6.45) is 6.41. The molecule has 1 aliphatic heterocycles. The third kappa shape index (κ3) is 2.48. The minimum Gasteiger partial charge on any atom is -0.347 e. The van der Waals surface area contributed by atoms with Crippen LogP contribution in [0.15, 0.2) is 24.4 Å². The van der Waals surface area contributed by atoms with Crippen LogP contribution in [-0.2, 0) is 19.6 Å². The zero-order valence-corrected chi connectivity index (χ0v) is 12.4. The number of piperidine rings is 1. The normalized spacial score (nSPS) is 16.9. The highest BCUT2D eigenvalue weighted by molar-refractivity contribution is 5.87. The van der Waals surface area contributed by atoms with Gasteiger partial charge in [0.25, 0.3) is 0 Å². The molecule has 0 unspecified atom stereocenters. The summed E-state index contributed by atoms with van der Waals surface area (Å²) >= 11 is 0. The lowest BCUT2D eigenvalue weighted by molar-refractivity contribution is 0.221. The summed E-state index contributed by atoms with van der Waals surface area (Å²) in [6, 6.07) is 6.51. The largest absolute Gasteiger partial charge is 0.347 e. The van der Waals surface area contributed by atoms with Crippen LogP contribution in [0.3, 0.4) is 0 Å². The van der Waals surface area contributed by atoms with Crippen LogP contribution in [0.25, 0.3) is 10.9 Å². The highest BCUT2D eigenvalue weighted by atomic mass is 15.1. The summed E-state index contributed by atoms with van der Waals surface area (Å²) in [5.41, 5.74) is 10.0. The number of fused-ring (bicyclic) bond motifs is 1. The average Bonchev–Trinajstić information content (AvgIpc) is 2.86. The van der Waals surface area contributed by atoms with Crippen molar-refractivity contribution >= 4 is 10.9 Å². The first kappa shape index (κ1) is 13.7. The molecule has 2 N–H and O–H groups in total. The first-order chi connectivity index (χ1) is 9.83. The highest BCUT2D eigenvalue weighted by Gasteiger charge is 2.16. The second-order valence-electron chi connectivity index (χ2n) is 5.79. The average molecular weight is 271 g/mol. The van der Waals surface area contributed by atoms with Gasteiger partial charge in [-0.25, -0.2) is 0 Å². The Morgan fingerprint density at radius 1 is 1.10 bits per heavy atom. The fourth-order valence-electron chi connectivity index (χ4n) is 3.43. The Kier molecular flexibility index (Phi) is 4.08. The predicted octanol–water partition coefficient (Wildman–Crippen LogP) is 3.11. The number of rotatable bonds is 4. The van der Waals surface area contributed by atoms with Gasteiger partial charge in [-0.3, -0.25) is 4.90 Å². The van der Waals surface area contributed by atoms with Gasteiger partial charge >= 0.3 is 0 Å². The molecular weight excluding hydrogens is 246 g/mol. The smallest absolute Gasteiger partial charge is 0.0486 e. The van der Waals surface area contributed by atoms with E-state index in [-0.39, 0.29) is 0 Å². The van der Waals surface area contributed by atoms with Gasteiger partial charge in [0.2, 0.25) is 0 Å². The maximum atomic E-state index is 5.95. The van der Waals surface area contributed by atoms with Crippen molar-refractivity contribution < 1.29 is 0 Å². The monoisotopic (exact) mass is 271 g/mol. The van der Waals surface area contributed by atoms with E-state index >= 15 is 0 Å². The molecule has 3 nitrogen and oxygen atoms in total. The van der Waals surface area contributed by atoms with Gasteiger partial charge in [0, 0.05) is 36.7 Å². The van der Waals surface area contributed by atoms with E-state index in [2.05, 4.69) is 40.8 Å². The molecule has 0 radical (unpaired) electrons. The van der Waals surface area contributed by atoms with Crippen LogP contribution < -0.4 is 5.73 Å². The Labute approximate surface area is 121 Å². The Balaban J connectivity index is 2.00. The molecule has 0 atom stereocenters. The number of nitrogens with zero attached hydrogens (tertiary/aromatic N) is 2. The van der Waals surface area contributed by atoms with E-state index in [1.807, 2.05) is 0 Å². The van der Waals surface area contributed by atoms with Crippen LogP contribution in [0, 0.1) is 0 Å². The summed E-state index contributed by atoms with van der Waals surface area (Å²) in [4.78, 5) is 2.59. The van der Waals surface area contributed by atoms with Crippen LogP contribution in [0.5, 0.6) is 0 Å². The van der Waals surface area contributed by atoms with Crippen molar-refractivity contribution in [1.29, 1.82) is 0 Å². The van der Waals surface area contributed by atoms with E-state index in [0.717, 1.165) is 13.1 Å². The molecule has 1 saturated heterocycles. The Morgan fingerprint density at radius 2 is 1.90 bits per heavy atom. The molecule has 0 saturated carbocycles. The second-order valence-corrected chi connectivity index (χ2v) is 5.79.